The average Bonchev–Trinajstić information content (AvgIpc) is 2.98. The van der Waals surface area contributed by atoms with Crippen molar-refractivity contribution in [2.24, 2.45) is 0 Å². The van der Waals surface area contributed by atoms with Crippen LogP contribution in [0.25, 0.3) is 0 Å². The molecule has 2 aliphatic rings. The van der Waals surface area contributed by atoms with Crippen LogP contribution in [0, 0.1) is 20.8 Å². The Balaban J connectivity index is 1.42. The van der Waals surface area contributed by atoms with Crippen LogP contribution in [0.5, 0.6) is 0 Å². The van der Waals surface area contributed by atoms with E-state index < -0.39 is 6.04 Å². The van der Waals surface area contributed by atoms with Crippen molar-refractivity contribution in [3.05, 3.63) is 52.7 Å². The van der Waals surface area contributed by atoms with Gasteiger partial charge in [-0.3, -0.25) is 19.4 Å². The van der Waals surface area contributed by atoms with Crippen LogP contribution in [0.2, 0.25) is 0 Å². The Labute approximate surface area is 188 Å². The quantitative estimate of drug-likeness (QED) is 0.693. The average molecular weight is 436 g/mol. The summed E-state index contributed by atoms with van der Waals surface area (Å²) in [6, 6.07) is 8.16. The zero-order valence-electron chi connectivity index (χ0n) is 19.3. The molecule has 4 rings (SSSR count). The summed E-state index contributed by atoms with van der Waals surface area (Å²) in [6.45, 7) is 10.6. The summed E-state index contributed by atoms with van der Waals surface area (Å²) in [5.41, 5.74) is 4.55. The van der Waals surface area contributed by atoms with Crippen LogP contribution < -0.4 is 9.80 Å². The van der Waals surface area contributed by atoms with Gasteiger partial charge in [0.2, 0.25) is 0 Å². The zero-order chi connectivity index (χ0) is 23.2. The van der Waals surface area contributed by atoms with Crippen molar-refractivity contribution in [2.45, 2.75) is 33.7 Å². The van der Waals surface area contributed by atoms with Crippen molar-refractivity contribution in [1.29, 1.82) is 0 Å². The lowest BCUT2D eigenvalue weighted by molar-refractivity contribution is -0.125. The van der Waals surface area contributed by atoms with Crippen LogP contribution in [0.1, 0.15) is 34.1 Å². The molecule has 0 aliphatic carbocycles. The van der Waals surface area contributed by atoms with Crippen molar-refractivity contribution < 1.29 is 14.4 Å². The number of likely N-dealkylation sites (N-methyl/N-ethyl adjacent to an activating group) is 1. The highest BCUT2D eigenvalue weighted by Gasteiger charge is 2.41. The van der Waals surface area contributed by atoms with E-state index in [2.05, 4.69) is 24.8 Å². The van der Waals surface area contributed by atoms with Gasteiger partial charge in [0, 0.05) is 50.2 Å². The zero-order valence-corrected chi connectivity index (χ0v) is 19.3. The van der Waals surface area contributed by atoms with E-state index in [1.54, 1.807) is 31.2 Å². The molecule has 2 saturated heterocycles. The molecule has 1 atom stereocenters. The van der Waals surface area contributed by atoms with Crippen molar-refractivity contribution in [3.8, 4) is 0 Å². The predicted molar refractivity (Wildman–Crippen MR) is 123 cm³/mol. The van der Waals surface area contributed by atoms with Gasteiger partial charge in [0.1, 0.15) is 11.9 Å². The number of hydrogen-bond acceptors (Lipinski definition) is 5. The van der Waals surface area contributed by atoms with Gasteiger partial charge in [0.05, 0.1) is 0 Å². The topological polar surface area (TPSA) is 77.1 Å². The lowest BCUT2D eigenvalue weighted by Gasteiger charge is -2.36. The summed E-state index contributed by atoms with van der Waals surface area (Å²) >= 11 is 0. The van der Waals surface area contributed by atoms with E-state index in [9.17, 15) is 14.4 Å². The monoisotopic (exact) mass is 435 g/mol. The lowest BCUT2D eigenvalue weighted by atomic mass is 10.1. The van der Waals surface area contributed by atoms with E-state index in [0.29, 0.717) is 24.3 Å². The fourth-order valence-corrected chi connectivity index (χ4v) is 4.36. The summed E-state index contributed by atoms with van der Waals surface area (Å²) in [5.74, 6) is 0.727. The first-order chi connectivity index (χ1) is 15.2. The van der Waals surface area contributed by atoms with Crippen LogP contribution in [-0.2, 0) is 4.79 Å². The van der Waals surface area contributed by atoms with E-state index in [4.69, 9.17) is 4.98 Å². The van der Waals surface area contributed by atoms with E-state index in [1.165, 1.54) is 17.5 Å². The van der Waals surface area contributed by atoms with E-state index in [-0.39, 0.29) is 17.8 Å². The molecule has 2 aliphatic heterocycles. The van der Waals surface area contributed by atoms with Gasteiger partial charge in [-0.25, -0.2) is 9.78 Å². The molecular weight excluding hydrogens is 406 g/mol. The smallest absolute Gasteiger partial charge is 0.331 e. The molecule has 8 heteroatoms. The minimum Gasteiger partial charge on any atom is -0.353 e. The maximum atomic E-state index is 13.0. The van der Waals surface area contributed by atoms with Crippen molar-refractivity contribution >= 4 is 29.4 Å². The predicted octanol–water partition coefficient (Wildman–Crippen LogP) is 2.76. The number of carbonyl (C=O) groups excluding carboxylic acids is 3. The molecule has 32 heavy (non-hydrogen) atoms. The summed E-state index contributed by atoms with van der Waals surface area (Å²) in [4.78, 5) is 48.9. The number of aromatic nitrogens is 1. The minimum atomic E-state index is -0.551. The first-order valence-corrected chi connectivity index (χ1v) is 10.9. The van der Waals surface area contributed by atoms with Crippen molar-refractivity contribution in [3.63, 3.8) is 0 Å². The second kappa shape index (κ2) is 8.26. The van der Waals surface area contributed by atoms with E-state index in [0.717, 1.165) is 35.1 Å². The molecule has 0 bridgehead atoms. The Morgan fingerprint density at radius 2 is 1.59 bits per heavy atom. The molecule has 1 aromatic heterocycles. The Kier molecular flexibility index (Phi) is 5.62. The van der Waals surface area contributed by atoms with Crippen molar-refractivity contribution in [1.82, 2.24) is 14.8 Å². The molecule has 3 heterocycles. The van der Waals surface area contributed by atoms with Gasteiger partial charge in [-0.2, -0.15) is 0 Å². The summed E-state index contributed by atoms with van der Waals surface area (Å²) in [7, 11) is 1.48. The molecule has 1 unspecified atom stereocenters. The molecule has 2 aromatic rings. The maximum Gasteiger partial charge on any atom is 0.331 e. The minimum absolute atomic E-state index is 0.0324. The number of aryl methyl sites for hydroxylation is 3. The number of anilines is 2. The highest BCUT2D eigenvalue weighted by molar-refractivity contribution is 6.13. The molecule has 2 fully saturated rings. The molecule has 8 nitrogen and oxygen atoms in total. The summed E-state index contributed by atoms with van der Waals surface area (Å²) < 4.78 is 0. The Bertz CT molecular complexity index is 1070. The Hall–Kier alpha value is -3.42. The van der Waals surface area contributed by atoms with Gasteiger partial charge in [0.15, 0.2) is 0 Å². The third-order valence-corrected chi connectivity index (χ3v) is 6.46. The second-order valence-electron chi connectivity index (χ2n) is 8.58. The van der Waals surface area contributed by atoms with Crippen molar-refractivity contribution in [2.75, 3.05) is 43.0 Å². The van der Waals surface area contributed by atoms with Crippen LogP contribution in [-0.4, -0.2) is 71.9 Å². The van der Waals surface area contributed by atoms with Gasteiger partial charge in [-0.15, -0.1) is 0 Å². The molecule has 168 valence electrons. The molecular formula is C24H29N5O3. The Morgan fingerprint density at radius 3 is 2.16 bits per heavy atom. The van der Waals surface area contributed by atoms with Gasteiger partial charge < -0.3 is 9.80 Å². The SMILES string of the molecule is Cc1cc(C)c(N2CCN(C(=O)c3ccc(N4C(=O)N(C)C(=O)C4C)cc3)CC2)nc1C. The van der Waals surface area contributed by atoms with Crippen LogP contribution in [0.4, 0.5) is 16.3 Å². The van der Waals surface area contributed by atoms with Crippen LogP contribution in [0.3, 0.4) is 0 Å². The normalized spacial score (nSPS) is 19.2. The molecule has 0 spiro atoms. The number of pyridine rings is 1. The van der Waals surface area contributed by atoms with Gasteiger partial charge in [0.25, 0.3) is 11.8 Å². The van der Waals surface area contributed by atoms with Gasteiger partial charge >= 0.3 is 6.03 Å². The fourth-order valence-electron chi connectivity index (χ4n) is 4.36. The number of nitrogens with zero attached hydrogens (tertiary/aromatic N) is 5. The summed E-state index contributed by atoms with van der Waals surface area (Å²) in [5, 5.41) is 0. The van der Waals surface area contributed by atoms with Gasteiger partial charge in [-0.1, -0.05) is 6.07 Å². The first-order valence-electron chi connectivity index (χ1n) is 10.9. The largest absolute Gasteiger partial charge is 0.353 e. The lowest BCUT2D eigenvalue weighted by Crippen LogP contribution is -2.49. The molecule has 0 saturated carbocycles. The number of piperazine rings is 1. The molecule has 1 aromatic carbocycles. The molecule has 0 radical (unpaired) electrons. The van der Waals surface area contributed by atoms with E-state index >= 15 is 0 Å². The van der Waals surface area contributed by atoms with Crippen LogP contribution in [0.15, 0.2) is 30.3 Å². The number of imide groups is 1. The molecule has 0 N–H and O–H groups in total. The molecule has 4 amide bonds. The maximum absolute atomic E-state index is 13.0. The highest BCUT2D eigenvalue weighted by atomic mass is 16.2. The number of benzene rings is 1. The summed E-state index contributed by atoms with van der Waals surface area (Å²) in [6.07, 6.45) is 0. The number of rotatable bonds is 3. The fraction of sp³-hybridized carbons (Fsp3) is 0.417. The first kappa shape index (κ1) is 21.8. The van der Waals surface area contributed by atoms with E-state index in [1.807, 2.05) is 11.8 Å². The third kappa shape index (κ3) is 3.70. The number of hydrogen-bond donors (Lipinski definition) is 0. The second-order valence-corrected chi connectivity index (χ2v) is 8.58. The Morgan fingerprint density at radius 1 is 0.969 bits per heavy atom. The standard InChI is InChI=1S/C24H29N5O3/c1-15-14-16(2)21(25-17(15)3)27-10-12-28(13-11-27)23(31)19-6-8-20(9-7-19)29-18(4)22(30)26(5)24(29)32/h6-9,14,18H,10-13H2,1-5H3. The van der Waals surface area contributed by atoms with Crippen LogP contribution >= 0.6 is 0 Å². The number of urea groups is 1. The highest BCUT2D eigenvalue weighted by Crippen LogP contribution is 2.26. The number of amides is 4. The number of carbonyl (C=O) groups is 3. The third-order valence-electron chi connectivity index (χ3n) is 6.46. The van der Waals surface area contributed by atoms with Gasteiger partial charge in [-0.05, 0) is 63.1 Å².